The molecule has 2 rings (SSSR count). The highest BCUT2D eigenvalue weighted by atomic mass is 15.2. The molecule has 2 nitrogen and oxygen atoms in total. The zero-order valence-corrected chi connectivity index (χ0v) is 11.3. The second-order valence-electron chi connectivity index (χ2n) is 5.86. The molecule has 1 fully saturated rings. The molecule has 1 aromatic rings. The van der Waals surface area contributed by atoms with E-state index in [4.69, 9.17) is 0 Å². The Hall–Kier alpha value is -0.860. The van der Waals surface area contributed by atoms with Gasteiger partial charge in [-0.3, -0.25) is 4.90 Å². The molecule has 1 heterocycles. The van der Waals surface area contributed by atoms with E-state index in [1.165, 1.54) is 24.1 Å². The molecule has 0 saturated carbocycles. The second kappa shape index (κ2) is 5.19. The van der Waals surface area contributed by atoms with Crippen molar-refractivity contribution in [2.75, 3.05) is 19.6 Å². The van der Waals surface area contributed by atoms with Crippen LogP contribution in [-0.4, -0.2) is 30.1 Å². The van der Waals surface area contributed by atoms with Gasteiger partial charge in [-0.05, 0) is 45.8 Å². The standard InChI is InChI=1S/C15H24N2/c1-13-6-4-7-14(10-13)11-17-9-5-8-16-15(2,3)12-17/h4,6-7,10,16H,5,8-9,11-12H2,1-3H3. The van der Waals surface area contributed by atoms with Crippen molar-refractivity contribution in [2.45, 2.75) is 39.3 Å². The summed E-state index contributed by atoms with van der Waals surface area (Å²) < 4.78 is 0. The third-order valence-electron chi connectivity index (χ3n) is 3.36. The molecule has 2 heteroatoms. The summed E-state index contributed by atoms with van der Waals surface area (Å²) >= 11 is 0. The van der Waals surface area contributed by atoms with Gasteiger partial charge in [-0.1, -0.05) is 29.8 Å². The predicted molar refractivity (Wildman–Crippen MR) is 73.2 cm³/mol. The summed E-state index contributed by atoms with van der Waals surface area (Å²) in [6, 6.07) is 8.85. The fraction of sp³-hybridized carbons (Fsp3) is 0.600. The van der Waals surface area contributed by atoms with Crippen molar-refractivity contribution >= 4 is 0 Å². The molecule has 0 radical (unpaired) electrons. The Balaban J connectivity index is 2.02. The van der Waals surface area contributed by atoms with Crippen LogP contribution in [0.4, 0.5) is 0 Å². The third-order valence-corrected chi connectivity index (χ3v) is 3.36. The Morgan fingerprint density at radius 2 is 2.18 bits per heavy atom. The van der Waals surface area contributed by atoms with Crippen LogP contribution in [0.5, 0.6) is 0 Å². The fourth-order valence-electron chi connectivity index (χ4n) is 2.63. The number of hydrogen-bond donors (Lipinski definition) is 1. The molecule has 0 spiro atoms. The summed E-state index contributed by atoms with van der Waals surface area (Å²) in [5, 5.41) is 3.61. The van der Waals surface area contributed by atoms with Gasteiger partial charge in [-0.25, -0.2) is 0 Å². The van der Waals surface area contributed by atoms with Crippen LogP contribution in [0.1, 0.15) is 31.4 Å². The summed E-state index contributed by atoms with van der Waals surface area (Å²) in [4.78, 5) is 2.56. The first-order valence-corrected chi connectivity index (χ1v) is 6.58. The van der Waals surface area contributed by atoms with Crippen LogP contribution in [0.3, 0.4) is 0 Å². The average molecular weight is 232 g/mol. The van der Waals surface area contributed by atoms with Crippen molar-refractivity contribution in [2.24, 2.45) is 0 Å². The Kier molecular flexibility index (Phi) is 3.85. The molecule has 1 aromatic carbocycles. The minimum Gasteiger partial charge on any atom is -0.310 e. The topological polar surface area (TPSA) is 15.3 Å². The zero-order valence-electron chi connectivity index (χ0n) is 11.3. The number of nitrogens with zero attached hydrogens (tertiary/aromatic N) is 1. The molecule has 0 aromatic heterocycles. The van der Waals surface area contributed by atoms with E-state index < -0.39 is 0 Å². The first kappa shape index (κ1) is 12.6. The Labute approximate surface area is 105 Å². The summed E-state index contributed by atoms with van der Waals surface area (Å²) in [5.74, 6) is 0. The van der Waals surface area contributed by atoms with Crippen LogP contribution >= 0.6 is 0 Å². The van der Waals surface area contributed by atoms with Crippen molar-refractivity contribution in [3.8, 4) is 0 Å². The predicted octanol–water partition coefficient (Wildman–Crippen LogP) is 2.57. The molecule has 0 unspecified atom stereocenters. The fourth-order valence-corrected chi connectivity index (χ4v) is 2.63. The van der Waals surface area contributed by atoms with Crippen molar-refractivity contribution < 1.29 is 0 Å². The maximum atomic E-state index is 3.61. The summed E-state index contributed by atoms with van der Waals surface area (Å²) in [5.41, 5.74) is 3.03. The minimum absolute atomic E-state index is 0.236. The van der Waals surface area contributed by atoms with Gasteiger partial charge in [-0.15, -0.1) is 0 Å². The van der Waals surface area contributed by atoms with Crippen LogP contribution < -0.4 is 5.32 Å². The van der Waals surface area contributed by atoms with Gasteiger partial charge in [0.05, 0.1) is 0 Å². The van der Waals surface area contributed by atoms with Gasteiger partial charge < -0.3 is 5.32 Å². The molecular weight excluding hydrogens is 208 g/mol. The molecule has 0 atom stereocenters. The van der Waals surface area contributed by atoms with Gasteiger partial charge in [0.1, 0.15) is 0 Å². The zero-order chi connectivity index (χ0) is 12.3. The molecule has 1 aliphatic heterocycles. The third kappa shape index (κ3) is 3.83. The molecule has 1 N–H and O–H groups in total. The molecule has 1 aliphatic rings. The lowest BCUT2D eigenvalue weighted by atomic mass is 10.0. The van der Waals surface area contributed by atoms with Crippen LogP contribution in [0.2, 0.25) is 0 Å². The highest BCUT2D eigenvalue weighted by Crippen LogP contribution is 2.14. The van der Waals surface area contributed by atoms with E-state index in [1.807, 2.05) is 0 Å². The van der Waals surface area contributed by atoms with Crippen molar-refractivity contribution in [3.63, 3.8) is 0 Å². The Bertz CT molecular complexity index is 371. The van der Waals surface area contributed by atoms with Crippen LogP contribution in [-0.2, 0) is 6.54 Å². The molecular formula is C15H24N2. The van der Waals surface area contributed by atoms with Crippen molar-refractivity contribution in [1.29, 1.82) is 0 Å². The van der Waals surface area contributed by atoms with Gasteiger partial charge >= 0.3 is 0 Å². The summed E-state index contributed by atoms with van der Waals surface area (Å²) in [6.07, 6.45) is 1.25. The average Bonchev–Trinajstić information content (AvgIpc) is 2.39. The number of rotatable bonds is 2. The highest BCUT2D eigenvalue weighted by molar-refractivity contribution is 5.22. The second-order valence-corrected chi connectivity index (χ2v) is 5.86. The number of hydrogen-bond acceptors (Lipinski definition) is 2. The maximum Gasteiger partial charge on any atom is 0.0252 e. The highest BCUT2D eigenvalue weighted by Gasteiger charge is 2.23. The molecule has 1 saturated heterocycles. The lowest BCUT2D eigenvalue weighted by molar-refractivity contribution is 0.224. The molecule has 0 amide bonds. The van der Waals surface area contributed by atoms with Gasteiger partial charge in [0.2, 0.25) is 0 Å². The van der Waals surface area contributed by atoms with Crippen LogP contribution in [0.15, 0.2) is 24.3 Å². The van der Waals surface area contributed by atoms with E-state index in [2.05, 4.69) is 55.3 Å². The Morgan fingerprint density at radius 1 is 1.35 bits per heavy atom. The first-order valence-electron chi connectivity index (χ1n) is 6.58. The first-order chi connectivity index (χ1) is 8.05. The SMILES string of the molecule is Cc1cccc(CN2CCCNC(C)(C)C2)c1. The monoisotopic (exact) mass is 232 g/mol. The minimum atomic E-state index is 0.236. The van der Waals surface area contributed by atoms with Gasteiger partial charge in [0, 0.05) is 18.6 Å². The molecule has 17 heavy (non-hydrogen) atoms. The van der Waals surface area contributed by atoms with Crippen LogP contribution in [0, 0.1) is 6.92 Å². The van der Waals surface area contributed by atoms with E-state index in [1.54, 1.807) is 0 Å². The molecule has 94 valence electrons. The smallest absolute Gasteiger partial charge is 0.0252 e. The van der Waals surface area contributed by atoms with E-state index in [9.17, 15) is 0 Å². The van der Waals surface area contributed by atoms with Crippen LogP contribution in [0.25, 0.3) is 0 Å². The quantitative estimate of drug-likeness (QED) is 0.843. The van der Waals surface area contributed by atoms with E-state index in [0.717, 1.165) is 19.6 Å². The van der Waals surface area contributed by atoms with E-state index >= 15 is 0 Å². The Morgan fingerprint density at radius 3 is 2.94 bits per heavy atom. The lowest BCUT2D eigenvalue weighted by Crippen LogP contribution is -2.46. The number of benzene rings is 1. The van der Waals surface area contributed by atoms with E-state index in [-0.39, 0.29) is 5.54 Å². The maximum absolute atomic E-state index is 3.61. The molecule has 0 aliphatic carbocycles. The number of aryl methyl sites for hydroxylation is 1. The van der Waals surface area contributed by atoms with Gasteiger partial charge in [0.15, 0.2) is 0 Å². The van der Waals surface area contributed by atoms with Gasteiger partial charge in [0.25, 0.3) is 0 Å². The van der Waals surface area contributed by atoms with E-state index in [0.29, 0.717) is 0 Å². The van der Waals surface area contributed by atoms with Gasteiger partial charge in [-0.2, -0.15) is 0 Å². The largest absolute Gasteiger partial charge is 0.310 e. The lowest BCUT2D eigenvalue weighted by Gasteiger charge is -2.30. The number of nitrogens with one attached hydrogen (secondary N) is 1. The normalized spacial score (nSPS) is 21.1. The van der Waals surface area contributed by atoms with Crippen molar-refractivity contribution in [1.82, 2.24) is 10.2 Å². The summed E-state index contributed by atoms with van der Waals surface area (Å²) in [6.45, 7) is 11.3. The van der Waals surface area contributed by atoms with Crippen molar-refractivity contribution in [3.05, 3.63) is 35.4 Å². The summed E-state index contributed by atoms with van der Waals surface area (Å²) in [7, 11) is 0. The molecule has 0 bridgehead atoms.